The molecule has 4 nitrogen and oxygen atoms in total. The van der Waals surface area contributed by atoms with Crippen molar-refractivity contribution in [3.63, 3.8) is 0 Å². The van der Waals surface area contributed by atoms with Gasteiger partial charge in [-0.3, -0.25) is 4.79 Å². The molecule has 2 aromatic carbocycles. The largest absolute Gasteiger partial charge is 0.516 e. The molecule has 0 unspecified atom stereocenters. The van der Waals surface area contributed by atoms with Crippen molar-refractivity contribution < 1.29 is 26.4 Å². The van der Waals surface area contributed by atoms with Crippen molar-refractivity contribution in [3.05, 3.63) is 54.1 Å². The van der Waals surface area contributed by atoms with Gasteiger partial charge in [-0.2, -0.15) is 21.6 Å². The zero-order valence-corrected chi connectivity index (χ0v) is 11.8. The minimum absolute atomic E-state index is 0.188. The van der Waals surface area contributed by atoms with E-state index in [2.05, 4.69) is 6.58 Å². The van der Waals surface area contributed by atoms with Gasteiger partial charge in [0.25, 0.3) is 5.91 Å². The van der Waals surface area contributed by atoms with Crippen molar-refractivity contribution in [3.8, 4) is 0 Å². The Hall–Kier alpha value is -2.35. The lowest BCUT2D eigenvalue weighted by atomic mass is 10.0. The summed E-state index contributed by atoms with van der Waals surface area (Å²) in [5.41, 5.74) is -4.89. The number of halogens is 3. The average Bonchev–Trinajstić information content (AvgIpc) is 2.44. The molecule has 0 bridgehead atoms. The van der Waals surface area contributed by atoms with Gasteiger partial charge < -0.3 is 0 Å². The van der Waals surface area contributed by atoms with E-state index < -0.39 is 21.4 Å². The number of nitrogens with one attached hydrogen (secondary N) is 1. The summed E-state index contributed by atoms with van der Waals surface area (Å²) in [7, 11) is -5.72. The van der Waals surface area contributed by atoms with Gasteiger partial charge in [0, 0.05) is 5.56 Å². The molecule has 0 saturated heterocycles. The summed E-state index contributed by atoms with van der Waals surface area (Å²) in [6, 6.07) is 9.21. The summed E-state index contributed by atoms with van der Waals surface area (Å²) in [6.45, 7) is 3.61. The Balaban J connectivity index is 2.35. The Morgan fingerprint density at radius 1 is 1.09 bits per heavy atom. The summed E-state index contributed by atoms with van der Waals surface area (Å²) in [4.78, 5) is 11.7. The fraction of sp³-hybridized carbons (Fsp3) is 0.0714. The lowest BCUT2D eigenvalue weighted by molar-refractivity contribution is -0.0446. The van der Waals surface area contributed by atoms with E-state index in [1.807, 2.05) is 0 Å². The van der Waals surface area contributed by atoms with Gasteiger partial charge in [0.15, 0.2) is 0 Å². The molecule has 1 amide bonds. The molecule has 0 fully saturated rings. The maximum atomic E-state index is 12.2. The summed E-state index contributed by atoms with van der Waals surface area (Å²) in [6.07, 6.45) is 1.62. The second kappa shape index (κ2) is 5.45. The maximum absolute atomic E-state index is 12.2. The Kier molecular flexibility index (Phi) is 3.97. The van der Waals surface area contributed by atoms with Crippen LogP contribution in [-0.2, 0) is 10.0 Å². The monoisotopic (exact) mass is 329 g/mol. The van der Waals surface area contributed by atoms with E-state index in [1.165, 1.54) is 18.2 Å². The predicted molar refractivity (Wildman–Crippen MR) is 76.5 cm³/mol. The Morgan fingerprint density at radius 3 is 2.27 bits per heavy atom. The van der Waals surface area contributed by atoms with Crippen LogP contribution in [0.4, 0.5) is 13.2 Å². The van der Waals surface area contributed by atoms with Gasteiger partial charge in [-0.05, 0) is 34.5 Å². The lowest BCUT2D eigenvalue weighted by Gasteiger charge is -2.10. The minimum Gasteiger partial charge on any atom is -0.268 e. The zero-order chi connectivity index (χ0) is 16.5. The lowest BCUT2D eigenvalue weighted by Crippen LogP contribution is -2.40. The first kappa shape index (κ1) is 16.0. The molecule has 0 aromatic heterocycles. The van der Waals surface area contributed by atoms with Crippen molar-refractivity contribution in [2.45, 2.75) is 5.51 Å². The number of hydrogen-bond acceptors (Lipinski definition) is 3. The molecule has 0 spiro atoms. The molecular weight excluding hydrogens is 319 g/mol. The number of sulfonamides is 1. The highest BCUT2D eigenvalue weighted by Gasteiger charge is 2.47. The number of carbonyl (C=O) groups is 1. The summed E-state index contributed by atoms with van der Waals surface area (Å²) < 4.78 is 59.5. The van der Waals surface area contributed by atoms with Gasteiger partial charge in [-0.15, -0.1) is 0 Å². The van der Waals surface area contributed by atoms with Gasteiger partial charge in [0.1, 0.15) is 0 Å². The normalized spacial score (nSPS) is 12.1. The number of benzene rings is 2. The highest BCUT2D eigenvalue weighted by Crippen LogP contribution is 2.23. The van der Waals surface area contributed by atoms with Crippen LogP contribution in [-0.4, -0.2) is 19.8 Å². The van der Waals surface area contributed by atoms with Crippen LogP contribution >= 0.6 is 0 Å². The molecular formula is C14H10F3NO3S. The molecule has 0 radical (unpaired) electrons. The number of rotatable bonds is 3. The Morgan fingerprint density at radius 2 is 1.68 bits per heavy atom. The first-order valence-electron chi connectivity index (χ1n) is 5.94. The van der Waals surface area contributed by atoms with Gasteiger partial charge in [0.05, 0.1) is 0 Å². The van der Waals surface area contributed by atoms with Gasteiger partial charge in [-0.25, -0.2) is 4.72 Å². The second-order valence-electron chi connectivity index (χ2n) is 4.41. The molecule has 0 aliphatic rings. The third-order valence-corrected chi connectivity index (χ3v) is 3.96. The van der Waals surface area contributed by atoms with Crippen molar-refractivity contribution in [2.75, 3.05) is 0 Å². The SMILES string of the molecule is C=Cc1ccc2cc(C(=O)NS(=O)(=O)C(F)(F)F)ccc2c1. The number of alkyl halides is 3. The van der Waals surface area contributed by atoms with Crippen LogP contribution < -0.4 is 4.72 Å². The first-order valence-corrected chi connectivity index (χ1v) is 7.42. The van der Waals surface area contributed by atoms with E-state index in [-0.39, 0.29) is 5.56 Å². The topological polar surface area (TPSA) is 63.2 Å². The van der Waals surface area contributed by atoms with Gasteiger partial charge in [0.2, 0.25) is 0 Å². The fourth-order valence-corrected chi connectivity index (χ4v) is 2.25. The van der Waals surface area contributed by atoms with Gasteiger partial charge >= 0.3 is 15.5 Å². The molecule has 0 aliphatic heterocycles. The molecule has 0 aliphatic carbocycles. The van der Waals surface area contributed by atoms with Crippen molar-refractivity contribution in [2.24, 2.45) is 0 Å². The van der Waals surface area contributed by atoms with Crippen LogP contribution in [0.25, 0.3) is 16.8 Å². The van der Waals surface area contributed by atoms with Crippen LogP contribution in [0.2, 0.25) is 0 Å². The summed E-state index contributed by atoms with van der Waals surface area (Å²) >= 11 is 0. The number of fused-ring (bicyclic) bond motifs is 1. The number of hydrogen-bond donors (Lipinski definition) is 1. The molecule has 8 heteroatoms. The number of amides is 1. The van der Waals surface area contributed by atoms with Crippen LogP contribution in [0.1, 0.15) is 15.9 Å². The van der Waals surface area contributed by atoms with E-state index in [1.54, 1.807) is 24.3 Å². The molecule has 2 rings (SSSR count). The van der Waals surface area contributed by atoms with E-state index in [0.29, 0.717) is 5.39 Å². The molecule has 1 N–H and O–H groups in total. The molecule has 0 atom stereocenters. The van der Waals surface area contributed by atoms with Crippen LogP contribution in [0.15, 0.2) is 43.0 Å². The predicted octanol–water partition coefficient (Wildman–Crippen LogP) is 3.06. The average molecular weight is 329 g/mol. The van der Waals surface area contributed by atoms with Crippen molar-refractivity contribution in [1.29, 1.82) is 0 Å². The summed E-state index contributed by atoms with van der Waals surface area (Å²) in [5.74, 6) is -1.34. The van der Waals surface area contributed by atoms with E-state index in [4.69, 9.17) is 0 Å². The second-order valence-corrected chi connectivity index (χ2v) is 6.08. The first-order chi connectivity index (χ1) is 10.1. The third kappa shape index (κ3) is 3.11. The molecule has 116 valence electrons. The van der Waals surface area contributed by atoms with Crippen molar-refractivity contribution >= 4 is 32.8 Å². The van der Waals surface area contributed by atoms with Crippen LogP contribution in [0, 0.1) is 0 Å². The third-order valence-electron chi connectivity index (χ3n) is 2.89. The molecule has 2 aromatic rings. The molecule has 22 heavy (non-hydrogen) atoms. The van der Waals surface area contributed by atoms with E-state index in [0.717, 1.165) is 15.7 Å². The number of carbonyl (C=O) groups excluding carboxylic acids is 1. The highest BCUT2D eigenvalue weighted by atomic mass is 32.2. The van der Waals surface area contributed by atoms with Crippen molar-refractivity contribution in [1.82, 2.24) is 4.72 Å². The minimum atomic E-state index is -5.72. The van der Waals surface area contributed by atoms with Crippen LogP contribution in [0.5, 0.6) is 0 Å². The zero-order valence-electron chi connectivity index (χ0n) is 11.0. The summed E-state index contributed by atoms with van der Waals surface area (Å²) in [5, 5.41) is 1.33. The Bertz CT molecular complexity index is 857. The van der Waals surface area contributed by atoms with E-state index >= 15 is 0 Å². The van der Waals surface area contributed by atoms with Crippen LogP contribution in [0.3, 0.4) is 0 Å². The quantitative estimate of drug-likeness (QED) is 0.941. The smallest absolute Gasteiger partial charge is 0.268 e. The fourth-order valence-electron chi connectivity index (χ4n) is 1.77. The maximum Gasteiger partial charge on any atom is 0.516 e. The van der Waals surface area contributed by atoms with E-state index in [9.17, 15) is 26.4 Å². The van der Waals surface area contributed by atoms with Gasteiger partial charge in [-0.1, -0.05) is 30.9 Å². The standard InChI is InChI=1S/C14H10F3NO3S/c1-2-9-3-4-11-8-12(6-5-10(11)7-9)13(19)18-22(20,21)14(15,16)17/h2-8H,1H2,(H,18,19). The molecule has 0 saturated carbocycles. The molecule has 0 heterocycles. The Labute approximate surface area is 124 Å². The highest BCUT2D eigenvalue weighted by molar-refractivity contribution is 7.90.